The molecule has 2 aromatic carbocycles. The van der Waals surface area contributed by atoms with Crippen molar-refractivity contribution >= 4 is 28.5 Å². The van der Waals surface area contributed by atoms with Gasteiger partial charge in [0, 0.05) is 11.6 Å². The van der Waals surface area contributed by atoms with Crippen LogP contribution in [-0.4, -0.2) is 48.0 Å². The fourth-order valence-electron chi connectivity index (χ4n) is 3.82. The third-order valence-corrected chi connectivity index (χ3v) is 5.35. The van der Waals surface area contributed by atoms with E-state index in [-0.39, 0.29) is 22.8 Å². The first-order valence-electron chi connectivity index (χ1n) is 9.37. The summed E-state index contributed by atoms with van der Waals surface area (Å²) in [5.74, 6) is -0.186. The van der Waals surface area contributed by atoms with Crippen LogP contribution in [0.15, 0.2) is 51.7 Å². The number of halogens is 1. The number of fused-ring (bicyclic) bond motifs is 2. The Morgan fingerprint density at radius 1 is 1.17 bits per heavy atom. The molecule has 0 fully saturated rings. The minimum Gasteiger partial charge on any atom is -0.508 e. The van der Waals surface area contributed by atoms with Gasteiger partial charge in [0.1, 0.15) is 11.3 Å². The number of aromatic hydroxyl groups is 1. The van der Waals surface area contributed by atoms with Gasteiger partial charge in [0.2, 0.25) is 5.76 Å². The molecular formula is C22H21ClN2O4. The molecule has 7 heteroatoms. The summed E-state index contributed by atoms with van der Waals surface area (Å²) in [6.45, 7) is 1.25. The van der Waals surface area contributed by atoms with Crippen molar-refractivity contribution in [1.82, 2.24) is 9.80 Å². The number of nitrogens with zero attached hydrogens (tertiary/aromatic N) is 2. The minimum absolute atomic E-state index is 0.0584. The number of rotatable bonds is 5. The maximum absolute atomic E-state index is 13.3. The fraction of sp³-hybridized carbons (Fsp3) is 0.273. The second-order valence-electron chi connectivity index (χ2n) is 7.47. The van der Waals surface area contributed by atoms with Crippen LogP contribution in [-0.2, 0) is 0 Å². The van der Waals surface area contributed by atoms with Gasteiger partial charge < -0.3 is 19.3 Å². The van der Waals surface area contributed by atoms with Gasteiger partial charge in [-0.1, -0.05) is 23.7 Å². The van der Waals surface area contributed by atoms with Gasteiger partial charge in [0.25, 0.3) is 5.91 Å². The topological polar surface area (TPSA) is 74.0 Å². The Morgan fingerprint density at radius 2 is 1.97 bits per heavy atom. The number of hydrogen-bond acceptors (Lipinski definition) is 5. The highest BCUT2D eigenvalue weighted by Crippen LogP contribution is 2.39. The van der Waals surface area contributed by atoms with E-state index in [4.69, 9.17) is 16.0 Å². The molecule has 6 nitrogen and oxygen atoms in total. The van der Waals surface area contributed by atoms with E-state index in [1.54, 1.807) is 47.4 Å². The molecule has 0 saturated heterocycles. The van der Waals surface area contributed by atoms with E-state index in [2.05, 4.69) is 0 Å². The Balaban J connectivity index is 1.89. The molecule has 2 heterocycles. The largest absolute Gasteiger partial charge is 0.508 e. The summed E-state index contributed by atoms with van der Waals surface area (Å²) in [6, 6.07) is 10.8. The molecule has 150 valence electrons. The molecule has 1 aromatic heterocycles. The molecule has 0 radical (unpaired) electrons. The lowest BCUT2D eigenvalue weighted by molar-refractivity contribution is 0.0722. The maximum Gasteiger partial charge on any atom is 0.290 e. The van der Waals surface area contributed by atoms with Crippen LogP contribution in [0.1, 0.15) is 34.1 Å². The van der Waals surface area contributed by atoms with E-state index in [0.717, 1.165) is 13.0 Å². The van der Waals surface area contributed by atoms with E-state index < -0.39 is 6.04 Å². The quantitative estimate of drug-likeness (QED) is 0.692. The second kappa shape index (κ2) is 7.54. The van der Waals surface area contributed by atoms with Gasteiger partial charge in [0.15, 0.2) is 5.43 Å². The van der Waals surface area contributed by atoms with E-state index >= 15 is 0 Å². The van der Waals surface area contributed by atoms with Crippen molar-refractivity contribution in [3.63, 3.8) is 0 Å². The van der Waals surface area contributed by atoms with Crippen molar-refractivity contribution in [1.29, 1.82) is 0 Å². The highest BCUT2D eigenvalue weighted by Gasteiger charge is 2.42. The van der Waals surface area contributed by atoms with Crippen LogP contribution in [0.5, 0.6) is 5.75 Å². The average Bonchev–Trinajstić information content (AvgIpc) is 2.95. The minimum atomic E-state index is -0.619. The molecule has 1 amide bonds. The van der Waals surface area contributed by atoms with Gasteiger partial charge >= 0.3 is 0 Å². The first-order chi connectivity index (χ1) is 13.9. The Bertz CT molecular complexity index is 1160. The molecule has 29 heavy (non-hydrogen) atoms. The summed E-state index contributed by atoms with van der Waals surface area (Å²) in [6.07, 6.45) is 0.738. The average molecular weight is 413 g/mol. The van der Waals surface area contributed by atoms with Crippen LogP contribution < -0.4 is 5.43 Å². The molecular weight excluding hydrogens is 392 g/mol. The van der Waals surface area contributed by atoms with Crippen LogP contribution >= 0.6 is 11.6 Å². The number of carbonyl (C=O) groups is 1. The van der Waals surface area contributed by atoms with Crippen LogP contribution in [0.2, 0.25) is 5.02 Å². The highest BCUT2D eigenvalue weighted by atomic mass is 35.5. The zero-order chi connectivity index (χ0) is 20.7. The fourth-order valence-corrected chi connectivity index (χ4v) is 3.99. The second-order valence-corrected chi connectivity index (χ2v) is 7.90. The number of hydrogen-bond donors (Lipinski definition) is 1. The number of phenolic OH excluding ortho intramolecular Hbond substituents is 1. The molecule has 0 bridgehead atoms. The molecule has 0 saturated carbocycles. The zero-order valence-electron chi connectivity index (χ0n) is 16.2. The molecule has 1 N–H and O–H groups in total. The van der Waals surface area contributed by atoms with Gasteiger partial charge in [0.05, 0.1) is 17.0 Å². The SMILES string of the molecule is CN(C)CCCN1C(=O)c2oc3ccc(Cl)cc3c(=O)c2C1c1cccc(O)c1. The smallest absolute Gasteiger partial charge is 0.290 e. The lowest BCUT2D eigenvalue weighted by Gasteiger charge is -2.25. The number of benzene rings is 2. The highest BCUT2D eigenvalue weighted by molar-refractivity contribution is 6.31. The van der Waals surface area contributed by atoms with Crippen LogP contribution in [0.4, 0.5) is 0 Å². The van der Waals surface area contributed by atoms with Crippen LogP contribution in [0.3, 0.4) is 0 Å². The van der Waals surface area contributed by atoms with E-state index in [1.165, 1.54) is 0 Å². The summed E-state index contributed by atoms with van der Waals surface area (Å²) < 4.78 is 5.87. The molecule has 1 aliphatic heterocycles. The standard InChI is InChI=1S/C22H21ClN2O4/c1-24(2)9-4-10-25-19(13-5-3-6-15(26)11-13)18-20(27)16-12-14(23)7-8-17(16)29-21(18)22(25)28/h3,5-8,11-12,19,26H,4,9-10H2,1-2H3. The molecule has 0 spiro atoms. The normalized spacial score (nSPS) is 16.1. The number of amides is 1. The third-order valence-electron chi connectivity index (χ3n) is 5.12. The zero-order valence-corrected chi connectivity index (χ0v) is 16.9. The molecule has 1 aliphatic rings. The molecule has 3 aromatic rings. The van der Waals surface area contributed by atoms with Crippen molar-refractivity contribution in [2.45, 2.75) is 12.5 Å². The predicted octanol–water partition coefficient (Wildman–Crippen LogP) is 3.65. The molecule has 1 atom stereocenters. The summed E-state index contributed by atoms with van der Waals surface area (Å²) in [7, 11) is 3.93. The van der Waals surface area contributed by atoms with E-state index in [9.17, 15) is 14.7 Å². The molecule has 0 aliphatic carbocycles. The number of phenols is 1. The van der Waals surface area contributed by atoms with Crippen LogP contribution in [0.25, 0.3) is 11.0 Å². The number of carbonyl (C=O) groups excluding carboxylic acids is 1. The van der Waals surface area contributed by atoms with E-state index in [0.29, 0.717) is 33.7 Å². The summed E-state index contributed by atoms with van der Waals surface area (Å²) >= 11 is 6.08. The van der Waals surface area contributed by atoms with Gasteiger partial charge in [-0.2, -0.15) is 0 Å². The Hall–Kier alpha value is -2.83. The first-order valence-corrected chi connectivity index (χ1v) is 9.75. The van der Waals surface area contributed by atoms with Crippen molar-refractivity contribution in [3.8, 4) is 5.75 Å². The Morgan fingerprint density at radius 3 is 2.69 bits per heavy atom. The third kappa shape index (κ3) is 3.50. The van der Waals surface area contributed by atoms with Gasteiger partial charge in [-0.25, -0.2) is 0 Å². The lowest BCUT2D eigenvalue weighted by Crippen LogP contribution is -2.32. The summed E-state index contributed by atoms with van der Waals surface area (Å²) in [4.78, 5) is 30.2. The van der Waals surface area contributed by atoms with Crippen molar-refractivity contribution in [2.24, 2.45) is 0 Å². The van der Waals surface area contributed by atoms with Gasteiger partial charge in [-0.3, -0.25) is 9.59 Å². The molecule has 1 unspecified atom stereocenters. The van der Waals surface area contributed by atoms with Gasteiger partial charge in [-0.15, -0.1) is 0 Å². The maximum atomic E-state index is 13.3. The van der Waals surface area contributed by atoms with Crippen molar-refractivity contribution in [3.05, 3.63) is 74.6 Å². The Kier molecular flexibility index (Phi) is 5.06. The first kappa shape index (κ1) is 19.5. The monoisotopic (exact) mass is 412 g/mol. The van der Waals surface area contributed by atoms with Crippen molar-refractivity contribution in [2.75, 3.05) is 27.2 Å². The van der Waals surface area contributed by atoms with Crippen molar-refractivity contribution < 1.29 is 14.3 Å². The summed E-state index contributed by atoms with van der Waals surface area (Å²) in [5, 5.41) is 10.7. The van der Waals surface area contributed by atoms with Crippen LogP contribution in [0, 0.1) is 0 Å². The summed E-state index contributed by atoms with van der Waals surface area (Å²) in [5.41, 5.74) is 1.01. The van der Waals surface area contributed by atoms with Gasteiger partial charge in [-0.05, 0) is 63.0 Å². The molecule has 4 rings (SSSR count). The lowest BCUT2D eigenvalue weighted by atomic mass is 9.98. The predicted molar refractivity (Wildman–Crippen MR) is 112 cm³/mol. The van der Waals surface area contributed by atoms with E-state index in [1.807, 2.05) is 19.0 Å². The Labute approximate surface area is 172 Å².